The van der Waals surface area contributed by atoms with Crippen molar-refractivity contribution >= 4 is 38.8 Å². The number of carbonyl (C=O) groups is 1. The number of hydrogen-bond donors (Lipinski definition) is 0. The first-order valence-corrected chi connectivity index (χ1v) is 8.26. The summed E-state index contributed by atoms with van der Waals surface area (Å²) in [5.41, 5.74) is 0.909. The maximum Gasteiger partial charge on any atom is 0.253 e. The van der Waals surface area contributed by atoms with E-state index < -0.39 is 0 Å². The first-order chi connectivity index (χ1) is 10.2. The van der Waals surface area contributed by atoms with Gasteiger partial charge in [-0.25, -0.2) is 4.39 Å². The molecule has 21 heavy (non-hydrogen) atoms. The molecular weight excluding hydrogens is 307 g/mol. The Balaban J connectivity index is 2.02. The minimum absolute atomic E-state index is 0.174. The minimum atomic E-state index is -0.275. The SMILES string of the molecule is CCn1c(=NC(=O)Cc2cccs2)sc2cc(F)ccc21. The maximum atomic E-state index is 13.3. The predicted molar refractivity (Wildman–Crippen MR) is 84.0 cm³/mol. The van der Waals surface area contributed by atoms with E-state index in [1.165, 1.54) is 23.5 Å². The lowest BCUT2D eigenvalue weighted by Crippen LogP contribution is -2.16. The number of thiazole rings is 1. The highest BCUT2D eigenvalue weighted by molar-refractivity contribution is 7.16. The van der Waals surface area contributed by atoms with Gasteiger partial charge in [0.15, 0.2) is 4.80 Å². The van der Waals surface area contributed by atoms with Crippen LogP contribution in [-0.4, -0.2) is 10.5 Å². The van der Waals surface area contributed by atoms with Gasteiger partial charge < -0.3 is 4.57 Å². The number of benzene rings is 1. The average Bonchev–Trinajstić information content (AvgIpc) is 3.05. The van der Waals surface area contributed by atoms with Crippen molar-refractivity contribution in [3.63, 3.8) is 0 Å². The lowest BCUT2D eigenvalue weighted by atomic mass is 10.3. The van der Waals surface area contributed by atoms with E-state index in [1.54, 1.807) is 17.4 Å². The van der Waals surface area contributed by atoms with Gasteiger partial charge in [0, 0.05) is 11.4 Å². The molecule has 1 amide bonds. The van der Waals surface area contributed by atoms with Crippen LogP contribution in [0, 0.1) is 5.82 Å². The van der Waals surface area contributed by atoms with Crippen molar-refractivity contribution in [2.24, 2.45) is 4.99 Å². The second-order valence-corrected chi connectivity index (χ2v) is 6.54. The van der Waals surface area contributed by atoms with Gasteiger partial charge in [0.2, 0.25) is 0 Å². The van der Waals surface area contributed by atoms with Crippen LogP contribution in [-0.2, 0) is 17.8 Å². The molecule has 0 fully saturated rings. The van der Waals surface area contributed by atoms with Crippen molar-refractivity contribution in [2.75, 3.05) is 0 Å². The van der Waals surface area contributed by atoms with Gasteiger partial charge in [0.25, 0.3) is 5.91 Å². The second-order valence-electron chi connectivity index (χ2n) is 4.50. The molecule has 0 N–H and O–H groups in total. The molecule has 0 saturated heterocycles. The molecule has 3 nitrogen and oxygen atoms in total. The molecule has 0 aliphatic carbocycles. The van der Waals surface area contributed by atoms with Crippen LogP contribution in [0.4, 0.5) is 4.39 Å². The van der Waals surface area contributed by atoms with Gasteiger partial charge in [-0.05, 0) is 36.6 Å². The number of aryl methyl sites for hydroxylation is 1. The Morgan fingerprint density at radius 3 is 2.95 bits per heavy atom. The highest BCUT2D eigenvalue weighted by Gasteiger charge is 2.08. The second kappa shape index (κ2) is 5.91. The van der Waals surface area contributed by atoms with E-state index in [0.29, 0.717) is 17.8 Å². The van der Waals surface area contributed by atoms with Crippen LogP contribution in [0.1, 0.15) is 11.8 Å². The van der Waals surface area contributed by atoms with Crippen LogP contribution in [0.5, 0.6) is 0 Å². The molecule has 108 valence electrons. The number of fused-ring (bicyclic) bond motifs is 1. The summed E-state index contributed by atoms with van der Waals surface area (Å²) in [4.78, 5) is 17.9. The van der Waals surface area contributed by atoms with Crippen LogP contribution in [0.25, 0.3) is 10.2 Å². The molecular formula is C15H13FN2OS2. The van der Waals surface area contributed by atoms with Crippen molar-refractivity contribution in [3.8, 4) is 0 Å². The van der Waals surface area contributed by atoms with E-state index in [2.05, 4.69) is 4.99 Å². The standard InChI is InChI=1S/C15H13FN2OS2/c1-2-18-12-6-5-10(16)8-13(12)21-15(18)17-14(19)9-11-4-3-7-20-11/h3-8H,2,9H2,1H3. The number of hydrogen-bond acceptors (Lipinski definition) is 3. The third-order valence-electron chi connectivity index (χ3n) is 3.09. The summed E-state index contributed by atoms with van der Waals surface area (Å²) in [6, 6.07) is 8.48. The maximum absolute atomic E-state index is 13.3. The zero-order chi connectivity index (χ0) is 14.8. The minimum Gasteiger partial charge on any atom is -0.317 e. The molecule has 0 saturated carbocycles. The largest absolute Gasteiger partial charge is 0.317 e. The lowest BCUT2D eigenvalue weighted by molar-refractivity contribution is -0.117. The Hall–Kier alpha value is -1.79. The van der Waals surface area contributed by atoms with Gasteiger partial charge in [-0.2, -0.15) is 4.99 Å². The molecule has 3 aromatic rings. The number of carbonyl (C=O) groups excluding carboxylic acids is 1. The van der Waals surface area contributed by atoms with Crippen LogP contribution in [0.3, 0.4) is 0 Å². The Morgan fingerprint density at radius 1 is 1.38 bits per heavy atom. The Bertz CT molecular complexity index is 846. The summed E-state index contributed by atoms with van der Waals surface area (Å²) < 4.78 is 16.0. The molecule has 0 atom stereocenters. The monoisotopic (exact) mass is 320 g/mol. The first kappa shape index (κ1) is 14.2. The Kier molecular flexibility index (Phi) is 3.98. The van der Waals surface area contributed by atoms with Gasteiger partial charge >= 0.3 is 0 Å². The topological polar surface area (TPSA) is 34.4 Å². The van der Waals surface area contributed by atoms with Crippen molar-refractivity contribution in [1.29, 1.82) is 0 Å². The van der Waals surface area contributed by atoms with Crippen molar-refractivity contribution in [3.05, 3.63) is 51.2 Å². The van der Waals surface area contributed by atoms with E-state index in [1.807, 2.05) is 29.0 Å². The van der Waals surface area contributed by atoms with E-state index >= 15 is 0 Å². The van der Waals surface area contributed by atoms with Crippen LogP contribution in [0.2, 0.25) is 0 Å². The number of halogens is 1. The quantitative estimate of drug-likeness (QED) is 0.726. The summed E-state index contributed by atoms with van der Waals surface area (Å²) in [5.74, 6) is -0.449. The Morgan fingerprint density at radius 2 is 2.24 bits per heavy atom. The Labute approximate surface area is 129 Å². The van der Waals surface area contributed by atoms with Gasteiger partial charge in [-0.3, -0.25) is 4.79 Å². The number of thiophene rings is 1. The van der Waals surface area contributed by atoms with Crippen LogP contribution in [0.15, 0.2) is 40.7 Å². The smallest absolute Gasteiger partial charge is 0.253 e. The van der Waals surface area contributed by atoms with E-state index in [0.717, 1.165) is 15.1 Å². The molecule has 6 heteroatoms. The highest BCUT2D eigenvalue weighted by atomic mass is 32.1. The van der Waals surface area contributed by atoms with E-state index in [9.17, 15) is 9.18 Å². The van der Waals surface area contributed by atoms with Crippen molar-refractivity contribution < 1.29 is 9.18 Å². The normalized spacial score (nSPS) is 12.2. The summed E-state index contributed by atoms with van der Waals surface area (Å²) in [5, 5.41) is 1.94. The molecule has 2 aromatic heterocycles. The molecule has 0 aliphatic rings. The third-order valence-corrected chi connectivity index (χ3v) is 5.00. The molecule has 0 bridgehead atoms. The molecule has 0 unspecified atom stereocenters. The fraction of sp³-hybridized carbons (Fsp3) is 0.200. The third kappa shape index (κ3) is 2.96. The van der Waals surface area contributed by atoms with Crippen molar-refractivity contribution in [2.45, 2.75) is 19.9 Å². The average molecular weight is 320 g/mol. The summed E-state index contributed by atoms with van der Waals surface area (Å²) >= 11 is 2.89. The van der Waals surface area contributed by atoms with E-state index in [4.69, 9.17) is 0 Å². The number of rotatable bonds is 3. The number of amides is 1. The van der Waals surface area contributed by atoms with Crippen molar-refractivity contribution in [1.82, 2.24) is 4.57 Å². The zero-order valence-electron chi connectivity index (χ0n) is 11.4. The van der Waals surface area contributed by atoms with Crippen LogP contribution >= 0.6 is 22.7 Å². The first-order valence-electron chi connectivity index (χ1n) is 6.56. The predicted octanol–water partition coefficient (Wildman–Crippen LogP) is 3.59. The van der Waals surface area contributed by atoms with E-state index in [-0.39, 0.29) is 11.7 Å². The van der Waals surface area contributed by atoms with Crippen LogP contribution < -0.4 is 4.80 Å². The number of aromatic nitrogens is 1. The fourth-order valence-electron chi connectivity index (χ4n) is 2.15. The molecule has 2 heterocycles. The summed E-state index contributed by atoms with van der Waals surface area (Å²) in [7, 11) is 0. The fourth-order valence-corrected chi connectivity index (χ4v) is 3.98. The molecule has 0 radical (unpaired) electrons. The van der Waals surface area contributed by atoms with Gasteiger partial charge in [-0.1, -0.05) is 17.4 Å². The molecule has 0 spiro atoms. The zero-order valence-corrected chi connectivity index (χ0v) is 13.0. The van der Waals surface area contributed by atoms with Gasteiger partial charge in [0.05, 0.1) is 16.6 Å². The summed E-state index contributed by atoms with van der Waals surface area (Å²) in [6.07, 6.45) is 0.310. The van der Waals surface area contributed by atoms with Gasteiger partial charge in [-0.15, -0.1) is 11.3 Å². The number of nitrogens with zero attached hydrogens (tertiary/aromatic N) is 2. The lowest BCUT2D eigenvalue weighted by Gasteiger charge is -1.99. The molecule has 1 aromatic carbocycles. The molecule has 3 rings (SSSR count). The highest BCUT2D eigenvalue weighted by Crippen LogP contribution is 2.18. The summed E-state index contributed by atoms with van der Waals surface area (Å²) in [6.45, 7) is 2.68. The van der Waals surface area contributed by atoms with Gasteiger partial charge in [0.1, 0.15) is 5.82 Å². The molecule has 0 aliphatic heterocycles.